The van der Waals surface area contributed by atoms with Crippen molar-refractivity contribution in [3.05, 3.63) is 42.0 Å². The summed E-state index contributed by atoms with van der Waals surface area (Å²) in [5.41, 5.74) is 2.04. The number of benzene rings is 2. The first kappa shape index (κ1) is 19.4. The zero-order valence-corrected chi connectivity index (χ0v) is 15.4. The first-order chi connectivity index (χ1) is 12.6. The molecule has 2 N–H and O–H groups in total. The summed E-state index contributed by atoms with van der Waals surface area (Å²) in [6, 6.07) is 10.6. The molecular formula is C19H24N2O5. The Morgan fingerprint density at radius 3 is 1.96 bits per heavy atom. The lowest BCUT2D eigenvalue weighted by molar-refractivity contribution is 0.102. The van der Waals surface area contributed by atoms with Crippen molar-refractivity contribution in [1.82, 2.24) is 0 Å². The topological polar surface area (TPSA) is 78.1 Å². The van der Waals surface area contributed by atoms with Crippen molar-refractivity contribution >= 4 is 17.3 Å². The van der Waals surface area contributed by atoms with E-state index < -0.39 is 0 Å². The lowest BCUT2D eigenvalue weighted by Crippen LogP contribution is -2.13. The molecule has 0 aromatic heterocycles. The number of amides is 1. The molecule has 2 aromatic rings. The van der Waals surface area contributed by atoms with E-state index in [0.717, 1.165) is 5.69 Å². The first-order valence-corrected chi connectivity index (χ1v) is 8.07. The van der Waals surface area contributed by atoms with Gasteiger partial charge in [0.15, 0.2) is 11.5 Å². The molecule has 7 nitrogen and oxygen atoms in total. The molecule has 0 aliphatic carbocycles. The Morgan fingerprint density at radius 2 is 1.46 bits per heavy atom. The van der Waals surface area contributed by atoms with Crippen LogP contribution in [-0.2, 0) is 4.74 Å². The van der Waals surface area contributed by atoms with E-state index in [1.807, 2.05) is 24.3 Å². The number of carbonyl (C=O) groups is 1. The second-order valence-electron chi connectivity index (χ2n) is 5.37. The molecule has 0 saturated heterocycles. The third-order valence-electron chi connectivity index (χ3n) is 3.70. The van der Waals surface area contributed by atoms with Gasteiger partial charge in [-0.2, -0.15) is 0 Å². The highest BCUT2D eigenvalue weighted by molar-refractivity contribution is 6.05. The van der Waals surface area contributed by atoms with Gasteiger partial charge in [0, 0.05) is 30.6 Å². The lowest BCUT2D eigenvalue weighted by Gasteiger charge is -2.14. The monoisotopic (exact) mass is 360 g/mol. The van der Waals surface area contributed by atoms with E-state index >= 15 is 0 Å². The Morgan fingerprint density at radius 1 is 0.885 bits per heavy atom. The average Bonchev–Trinajstić information content (AvgIpc) is 2.68. The van der Waals surface area contributed by atoms with Gasteiger partial charge in [-0.15, -0.1) is 0 Å². The Balaban J connectivity index is 2.12. The van der Waals surface area contributed by atoms with Crippen molar-refractivity contribution in [2.45, 2.75) is 0 Å². The fraction of sp³-hybridized carbons (Fsp3) is 0.316. The van der Waals surface area contributed by atoms with E-state index in [1.54, 1.807) is 19.2 Å². The quantitative estimate of drug-likeness (QED) is 0.670. The summed E-state index contributed by atoms with van der Waals surface area (Å²) in [6.45, 7) is 1.34. The van der Waals surface area contributed by atoms with Crippen LogP contribution in [0.4, 0.5) is 11.4 Å². The van der Waals surface area contributed by atoms with E-state index in [2.05, 4.69) is 10.6 Å². The van der Waals surface area contributed by atoms with Crippen molar-refractivity contribution < 1.29 is 23.7 Å². The van der Waals surface area contributed by atoms with Gasteiger partial charge in [0.05, 0.1) is 27.9 Å². The van der Waals surface area contributed by atoms with Crippen LogP contribution in [0.25, 0.3) is 0 Å². The van der Waals surface area contributed by atoms with Crippen LogP contribution in [0.15, 0.2) is 36.4 Å². The second kappa shape index (κ2) is 9.53. The zero-order chi connectivity index (χ0) is 18.9. The summed E-state index contributed by atoms with van der Waals surface area (Å²) in [4.78, 5) is 12.6. The van der Waals surface area contributed by atoms with Gasteiger partial charge in [-0.05, 0) is 36.4 Å². The molecule has 0 saturated carbocycles. The molecule has 0 aliphatic rings. The number of hydrogen-bond acceptors (Lipinski definition) is 6. The third kappa shape index (κ3) is 4.80. The van der Waals surface area contributed by atoms with E-state index in [1.165, 1.54) is 21.3 Å². The highest BCUT2D eigenvalue weighted by Crippen LogP contribution is 2.38. The van der Waals surface area contributed by atoms with E-state index in [9.17, 15) is 4.79 Å². The SMILES string of the molecule is COCCNc1ccc(NC(=O)c2cc(OC)c(OC)c(OC)c2)cc1. The number of carbonyl (C=O) groups excluding carboxylic acids is 1. The molecular weight excluding hydrogens is 336 g/mol. The minimum absolute atomic E-state index is 0.274. The van der Waals surface area contributed by atoms with Crippen LogP contribution in [-0.4, -0.2) is 47.5 Å². The molecule has 0 fully saturated rings. The van der Waals surface area contributed by atoms with Gasteiger partial charge < -0.3 is 29.6 Å². The molecule has 0 radical (unpaired) electrons. The summed E-state index contributed by atoms with van der Waals surface area (Å²) in [5, 5.41) is 6.07. The fourth-order valence-electron chi connectivity index (χ4n) is 2.38. The molecule has 26 heavy (non-hydrogen) atoms. The molecule has 7 heteroatoms. The van der Waals surface area contributed by atoms with Gasteiger partial charge in [0.25, 0.3) is 5.91 Å². The van der Waals surface area contributed by atoms with Crippen LogP contribution in [0.3, 0.4) is 0 Å². The van der Waals surface area contributed by atoms with Gasteiger partial charge in [0.2, 0.25) is 5.75 Å². The van der Waals surface area contributed by atoms with E-state index in [0.29, 0.717) is 41.7 Å². The number of rotatable bonds is 9. The molecule has 0 atom stereocenters. The lowest BCUT2D eigenvalue weighted by atomic mass is 10.1. The number of anilines is 2. The number of ether oxygens (including phenoxy) is 4. The minimum Gasteiger partial charge on any atom is -0.493 e. The molecule has 2 rings (SSSR count). The maximum atomic E-state index is 12.6. The highest BCUT2D eigenvalue weighted by Gasteiger charge is 2.17. The number of nitrogens with one attached hydrogen (secondary N) is 2. The first-order valence-electron chi connectivity index (χ1n) is 8.07. The molecule has 0 heterocycles. The molecule has 0 unspecified atom stereocenters. The van der Waals surface area contributed by atoms with Crippen molar-refractivity contribution in [2.75, 3.05) is 52.2 Å². The molecule has 140 valence electrons. The van der Waals surface area contributed by atoms with Crippen molar-refractivity contribution in [1.29, 1.82) is 0 Å². The fourth-order valence-corrected chi connectivity index (χ4v) is 2.38. The Bertz CT molecular complexity index is 706. The second-order valence-corrected chi connectivity index (χ2v) is 5.37. The maximum absolute atomic E-state index is 12.6. The highest BCUT2D eigenvalue weighted by atomic mass is 16.5. The summed E-state index contributed by atoms with van der Waals surface area (Å²) in [5.74, 6) is 1.02. The van der Waals surface area contributed by atoms with Crippen LogP contribution in [0, 0.1) is 0 Å². The summed E-state index contributed by atoms with van der Waals surface area (Å²) in [7, 11) is 6.19. The minimum atomic E-state index is -0.274. The van der Waals surface area contributed by atoms with Gasteiger partial charge >= 0.3 is 0 Å². The summed E-state index contributed by atoms with van der Waals surface area (Å²) < 4.78 is 20.8. The summed E-state index contributed by atoms with van der Waals surface area (Å²) in [6.07, 6.45) is 0. The van der Waals surface area contributed by atoms with Gasteiger partial charge in [-0.1, -0.05) is 0 Å². The van der Waals surface area contributed by atoms with E-state index in [-0.39, 0.29) is 5.91 Å². The van der Waals surface area contributed by atoms with Gasteiger partial charge in [-0.25, -0.2) is 0 Å². The maximum Gasteiger partial charge on any atom is 0.255 e. The molecule has 0 bridgehead atoms. The zero-order valence-electron chi connectivity index (χ0n) is 15.4. The Hall–Kier alpha value is -2.93. The van der Waals surface area contributed by atoms with E-state index in [4.69, 9.17) is 18.9 Å². The van der Waals surface area contributed by atoms with Crippen molar-refractivity contribution in [2.24, 2.45) is 0 Å². The Kier molecular flexibility index (Phi) is 7.11. The van der Waals surface area contributed by atoms with Crippen molar-refractivity contribution in [3.63, 3.8) is 0 Å². The molecule has 2 aromatic carbocycles. The van der Waals surface area contributed by atoms with Gasteiger partial charge in [-0.3, -0.25) is 4.79 Å². The van der Waals surface area contributed by atoms with Crippen LogP contribution < -0.4 is 24.8 Å². The van der Waals surface area contributed by atoms with Crippen LogP contribution >= 0.6 is 0 Å². The number of hydrogen-bond donors (Lipinski definition) is 2. The van der Waals surface area contributed by atoms with Crippen LogP contribution in [0.2, 0.25) is 0 Å². The standard InChI is InChI=1S/C19H24N2O5/c1-23-10-9-20-14-5-7-15(8-6-14)21-19(22)13-11-16(24-2)18(26-4)17(12-13)25-3/h5-8,11-12,20H,9-10H2,1-4H3,(H,21,22). The molecule has 0 aliphatic heterocycles. The normalized spacial score (nSPS) is 10.2. The van der Waals surface area contributed by atoms with Crippen LogP contribution in [0.5, 0.6) is 17.2 Å². The Labute approximate surface area is 153 Å². The van der Waals surface area contributed by atoms with Crippen LogP contribution in [0.1, 0.15) is 10.4 Å². The predicted molar refractivity (Wildman–Crippen MR) is 101 cm³/mol. The third-order valence-corrected chi connectivity index (χ3v) is 3.70. The molecule has 0 spiro atoms. The number of methoxy groups -OCH3 is 4. The average molecular weight is 360 g/mol. The largest absolute Gasteiger partial charge is 0.493 e. The van der Waals surface area contributed by atoms with Gasteiger partial charge in [0.1, 0.15) is 0 Å². The molecule has 1 amide bonds. The predicted octanol–water partition coefficient (Wildman–Crippen LogP) is 3.02. The smallest absolute Gasteiger partial charge is 0.255 e. The summed E-state index contributed by atoms with van der Waals surface area (Å²) >= 11 is 0. The van der Waals surface area contributed by atoms with Crippen molar-refractivity contribution in [3.8, 4) is 17.2 Å².